The molecule has 84 valence electrons. The highest BCUT2D eigenvalue weighted by Crippen LogP contribution is 2.17. The monoisotopic (exact) mass is 212 g/mol. The summed E-state index contributed by atoms with van der Waals surface area (Å²) in [6, 6.07) is -0.287. The van der Waals surface area contributed by atoms with Crippen LogP contribution in [0, 0.1) is 0 Å². The molecule has 0 aliphatic carbocycles. The Hall–Kier alpha value is -1.14. The predicted octanol–water partition coefficient (Wildman–Crippen LogP) is -1.17. The van der Waals surface area contributed by atoms with Gasteiger partial charge in [-0.2, -0.15) is 0 Å². The molecule has 4 unspecified atom stereocenters. The number of fused-ring (bicyclic) bond motifs is 1. The first-order chi connectivity index (χ1) is 7.00. The molecule has 0 radical (unpaired) electrons. The van der Waals surface area contributed by atoms with E-state index in [2.05, 4.69) is 22.9 Å². The number of carbonyl (C=O) groups is 2. The summed E-state index contributed by atoms with van der Waals surface area (Å²) in [4.78, 5) is 24.8. The van der Waals surface area contributed by atoms with Crippen molar-refractivity contribution in [1.29, 1.82) is 0 Å². The molecule has 3 N–H and O–H groups in total. The lowest BCUT2D eigenvalue weighted by Gasteiger charge is -2.48. The molecular formula is C9H16N4O2. The number of amides is 3. The number of hydrogen-bond acceptors (Lipinski definition) is 4. The van der Waals surface area contributed by atoms with E-state index in [9.17, 15) is 9.59 Å². The Balaban J connectivity index is 2.22. The summed E-state index contributed by atoms with van der Waals surface area (Å²) in [5.74, 6) is -0.255. The molecule has 2 saturated heterocycles. The average molecular weight is 212 g/mol. The summed E-state index contributed by atoms with van der Waals surface area (Å²) in [5, 5.41) is 8.20. The quantitative estimate of drug-likeness (QED) is 0.473. The van der Waals surface area contributed by atoms with Gasteiger partial charge in [0.1, 0.15) is 12.2 Å². The summed E-state index contributed by atoms with van der Waals surface area (Å²) in [6.45, 7) is 4.09. The van der Waals surface area contributed by atoms with E-state index in [4.69, 9.17) is 0 Å². The van der Waals surface area contributed by atoms with Gasteiger partial charge in [-0.3, -0.25) is 20.3 Å². The van der Waals surface area contributed by atoms with Crippen LogP contribution in [-0.4, -0.2) is 48.2 Å². The predicted molar refractivity (Wildman–Crippen MR) is 54.1 cm³/mol. The Morgan fingerprint density at radius 1 is 1.27 bits per heavy atom. The lowest BCUT2D eigenvalue weighted by molar-refractivity contribution is -0.128. The lowest BCUT2D eigenvalue weighted by atomic mass is 9.99. The number of carbonyl (C=O) groups excluding carboxylic acids is 2. The van der Waals surface area contributed by atoms with Gasteiger partial charge in [0, 0.05) is 12.1 Å². The molecule has 0 spiro atoms. The maximum atomic E-state index is 11.6. The molecule has 6 heteroatoms. The molecule has 2 fully saturated rings. The van der Waals surface area contributed by atoms with E-state index in [1.165, 1.54) is 0 Å². The van der Waals surface area contributed by atoms with Gasteiger partial charge >= 0.3 is 6.03 Å². The Kier molecular flexibility index (Phi) is 2.40. The second kappa shape index (κ2) is 3.46. The van der Waals surface area contributed by atoms with Crippen LogP contribution in [0.4, 0.5) is 4.79 Å². The number of imide groups is 1. The summed E-state index contributed by atoms with van der Waals surface area (Å²) in [6.07, 6.45) is -0.252. The highest BCUT2D eigenvalue weighted by Gasteiger charge is 2.44. The van der Waals surface area contributed by atoms with Gasteiger partial charge in [0.25, 0.3) is 0 Å². The first-order valence-electron chi connectivity index (χ1n) is 5.10. The van der Waals surface area contributed by atoms with Crippen LogP contribution in [0.3, 0.4) is 0 Å². The van der Waals surface area contributed by atoms with Gasteiger partial charge in [-0.15, -0.1) is 0 Å². The van der Waals surface area contributed by atoms with E-state index in [1.807, 2.05) is 18.9 Å². The number of likely N-dealkylation sites (N-methyl/N-ethyl adjacent to an activating group) is 1. The molecule has 4 atom stereocenters. The molecule has 3 amide bonds. The average Bonchev–Trinajstić information content (AvgIpc) is 2.17. The minimum atomic E-state index is -0.420. The molecule has 0 aromatic rings. The van der Waals surface area contributed by atoms with Crippen LogP contribution in [0.2, 0.25) is 0 Å². The fraction of sp³-hybridized carbons (Fsp3) is 0.778. The number of piperazine rings is 1. The number of rotatable bonds is 0. The number of urea groups is 1. The molecule has 0 aromatic carbocycles. The molecular weight excluding hydrogens is 196 g/mol. The molecule has 6 nitrogen and oxygen atoms in total. The van der Waals surface area contributed by atoms with Crippen LogP contribution in [0.1, 0.15) is 13.8 Å². The summed E-state index contributed by atoms with van der Waals surface area (Å²) in [7, 11) is 1.92. The first kappa shape index (κ1) is 10.4. The Labute approximate surface area is 88.4 Å². The maximum absolute atomic E-state index is 11.6. The third-order valence-electron chi connectivity index (χ3n) is 3.36. The highest BCUT2D eigenvalue weighted by atomic mass is 16.2. The van der Waals surface area contributed by atoms with Crippen LogP contribution in [0.15, 0.2) is 0 Å². The van der Waals surface area contributed by atoms with Gasteiger partial charge in [-0.25, -0.2) is 4.79 Å². The largest absolute Gasteiger partial charge is 0.322 e. The van der Waals surface area contributed by atoms with Crippen molar-refractivity contribution < 1.29 is 9.59 Å². The smallest absolute Gasteiger partial charge is 0.320 e. The zero-order valence-corrected chi connectivity index (χ0v) is 9.07. The maximum Gasteiger partial charge on any atom is 0.322 e. The van der Waals surface area contributed by atoms with Crippen LogP contribution in [-0.2, 0) is 4.79 Å². The van der Waals surface area contributed by atoms with Crippen molar-refractivity contribution in [2.75, 3.05) is 7.05 Å². The normalized spacial score (nSPS) is 41.8. The van der Waals surface area contributed by atoms with Crippen LogP contribution in [0.5, 0.6) is 0 Å². The van der Waals surface area contributed by atoms with E-state index >= 15 is 0 Å². The topological polar surface area (TPSA) is 73.5 Å². The Morgan fingerprint density at radius 3 is 2.60 bits per heavy atom. The molecule has 0 aromatic heterocycles. The van der Waals surface area contributed by atoms with E-state index in [0.717, 1.165) is 0 Å². The van der Waals surface area contributed by atoms with E-state index in [0.29, 0.717) is 0 Å². The van der Waals surface area contributed by atoms with Crippen LogP contribution in [0.25, 0.3) is 0 Å². The first-order valence-corrected chi connectivity index (χ1v) is 5.10. The number of hydrogen-bond donors (Lipinski definition) is 3. The van der Waals surface area contributed by atoms with Crippen molar-refractivity contribution in [3.63, 3.8) is 0 Å². The van der Waals surface area contributed by atoms with Gasteiger partial charge < -0.3 is 5.32 Å². The third kappa shape index (κ3) is 1.59. The second-order valence-electron chi connectivity index (χ2n) is 4.25. The number of nitrogens with one attached hydrogen (secondary N) is 3. The molecule has 0 bridgehead atoms. The molecule has 15 heavy (non-hydrogen) atoms. The van der Waals surface area contributed by atoms with Crippen molar-refractivity contribution >= 4 is 11.9 Å². The Bertz CT molecular complexity index is 306. The van der Waals surface area contributed by atoms with Crippen molar-refractivity contribution in [3.8, 4) is 0 Å². The van der Waals surface area contributed by atoms with Crippen molar-refractivity contribution in [2.24, 2.45) is 0 Å². The zero-order chi connectivity index (χ0) is 11.2. The van der Waals surface area contributed by atoms with Crippen molar-refractivity contribution in [1.82, 2.24) is 20.9 Å². The van der Waals surface area contributed by atoms with Crippen molar-refractivity contribution in [2.45, 2.75) is 38.1 Å². The van der Waals surface area contributed by atoms with Gasteiger partial charge in [-0.1, -0.05) is 0 Å². The summed E-state index contributed by atoms with van der Waals surface area (Å²) < 4.78 is 0. The lowest BCUT2D eigenvalue weighted by Crippen LogP contribution is -2.76. The van der Waals surface area contributed by atoms with E-state index in [-0.39, 0.29) is 30.2 Å². The van der Waals surface area contributed by atoms with Gasteiger partial charge in [0.2, 0.25) is 5.91 Å². The summed E-state index contributed by atoms with van der Waals surface area (Å²) in [5.41, 5.74) is 0. The molecule has 2 rings (SSSR count). The molecule has 2 heterocycles. The van der Waals surface area contributed by atoms with Gasteiger partial charge in [-0.05, 0) is 20.9 Å². The van der Waals surface area contributed by atoms with Gasteiger partial charge in [0.05, 0.1) is 0 Å². The fourth-order valence-corrected chi connectivity index (χ4v) is 2.12. The van der Waals surface area contributed by atoms with Crippen LogP contribution >= 0.6 is 0 Å². The second-order valence-corrected chi connectivity index (χ2v) is 4.25. The molecule has 2 aliphatic heterocycles. The fourth-order valence-electron chi connectivity index (χ4n) is 2.12. The van der Waals surface area contributed by atoms with Crippen molar-refractivity contribution in [3.05, 3.63) is 0 Å². The Morgan fingerprint density at radius 2 is 1.93 bits per heavy atom. The van der Waals surface area contributed by atoms with E-state index < -0.39 is 6.03 Å². The summed E-state index contributed by atoms with van der Waals surface area (Å²) >= 11 is 0. The molecule has 2 aliphatic rings. The van der Waals surface area contributed by atoms with Crippen LogP contribution < -0.4 is 16.0 Å². The number of nitrogens with zero attached hydrogens (tertiary/aromatic N) is 1. The minimum absolute atomic E-state index is 0.219. The van der Waals surface area contributed by atoms with E-state index in [1.54, 1.807) is 0 Å². The standard InChI is InChI=1S/C9H16N4O2/c1-4-5(2)13(3)7-6(10-4)8(14)12-9(15)11-7/h4-7,10H,1-3H3,(H2,11,12,14,15). The zero-order valence-electron chi connectivity index (χ0n) is 9.07. The third-order valence-corrected chi connectivity index (χ3v) is 3.36. The minimum Gasteiger partial charge on any atom is -0.320 e. The van der Waals surface area contributed by atoms with Gasteiger partial charge in [0.15, 0.2) is 0 Å². The highest BCUT2D eigenvalue weighted by molar-refractivity contribution is 6.00. The SMILES string of the molecule is CC1NC2C(=O)NC(=O)NC2N(C)C1C. The molecule has 0 saturated carbocycles.